The summed E-state index contributed by atoms with van der Waals surface area (Å²) in [7, 11) is 2.76. The zero-order chi connectivity index (χ0) is 39.2. The number of primary amides is 1. The molecule has 0 aliphatic heterocycles. The third-order valence-corrected chi connectivity index (χ3v) is 8.69. The van der Waals surface area contributed by atoms with Crippen LogP contribution >= 0.6 is 0 Å². The van der Waals surface area contributed by atoms with E-state index in [0.29, 0.717) is 17.5 Å². The normalized spacial score (nSPS) is 13.3. The molecule has 4 N–H and O–H groups in total. The van der Waals surface area contributed by atoms with Crippen LogP contribution in [0, 0.1) is 11.8 Å². The molecule has 0 aliphatic carbocycles. The second-order valence-electron chi connectivity index (χ2n) is 14.8. The average molecular weight is 725 g/mol. The zero-order valence-electron chi connectivity index (χ0n) is 31.9. The predicted octanol–water partition coefficient (Wildman–Crippen LogP) is 4.82. The lowest BCUT2D eigenvalue weighted by Gasteiger charge is -2.38. The molecule has 3 atom stereocenters. The van der Waals surface area contributed by atoms with Gasteiger partial charge in [-0.1, -0.05) is 82.3 Å². The van der Waals surface area contributed by atoms with Crippen molar-refractivity contribution in [3.63, 3.8) is 0 Å². The van der Waals surface area contributed by atoms with Gasteiger partial charge in [-0.2, -0.15) is 0 Å². The molecule has 52 heavy (non-hydrogen) atoms. The number of Topliss-reactive ketones (excluding diaryl/α,β-unsaturated/α-hetero) is 1. The number of urea groups is 1. The van der Waals surface area contributed by atoms with Crippen molar-refractivity contribution >= 4 is 35.8 Å². The van der Waals surface area contributed by atoms with Crippen LogP contribution < -0.4 is 16.4 Å². The maximum Gasteiger partial charge on any atom is 0.410 e. The average Bonchev–Trinajstić information content (AvgIpc) is 3.07. The molecule has 0 radical (unpaired) electrons. The van der Waals surface area contributed by atoms with Gasteiger partial charge in [0.15, 0.2) is 5.78 Å². The van der Waals surface area contributed by atoms with Crippen LogP contribution in [0.4, 0.5) is 9.59 Å². The van der Waals surface area contributed by atoms with Crippen molar-refractivity contribution in [2.24, 2.45) is 17.6 Å². The van der Waals surface area contributed by atoms with E-state index < -0.39 is 59.0 Å². The van der Waals surface area contributed by atoms with E-state index in [9.17, 15) is 28.8 Å². The van der Waals surface area contributed by atoms with Crippen LogP contribution in [0.25, 0.3) is 0 Å². The Bertz CT molecular complexity index is 1520. The van der Waals surface area contributed by atoms with E-state index in [2.05, 4.69) is 10.6 Å². The Labute approximate surface area is 307 Å². The summed E-state index contributed by atoms with van der Waals surface area (Å²) < 4.78 is 16.0. The Hall–Kier alpha value is -4.94. The Balaban J connectivity index is 2.12. The fraction of sp³-hybridized carbons (Fsp3) is 0.538. The van der Waals surface area contributed by atoms with Crippen molar-refractivity contribution in [1.29, 1.82) is 0 Å². The van der Waals surface area contributed by atoms with Crippen LogP contribution in [-0.2, 0) is 51.8 Å². The molecule has 0 saturated carbocycles. The minimum absolute atomic E-state index is 0.00914. The first kappa shape index (κ1) is 43.2. The van der Waals surface area contributed by atoms with E-state index in [-0.39, 0.29) is 44.1 Å². The number of hydrogen-bond acceptors (Lipinski definition) is 9. The van der Waals surface area contributed by atoms with Gasteiger partial charge in [-0.3, -0.25) is 19.3 Å². The molecule has 0 aliphatic rings. The number of nitrogens with one attached hydrogen (secondary N) is 2. The van der Waals surface area contributed by atoms with Crippen LogP contribution in [0.5, 0.6) is 0 Å². The summed E-state index contributed by atoms with van der Waals surface area (Å²) in [4.78, 5) is 77.9. The number of nitrogens with zero attached hydrogens (tertiary/aromatic N) is 1. The number of likely N-dealkylation sites (N-methyl/N-ethyl adjacent to an activating group) is 1. The number of amides is 4. The van der Waals surface area contributed by atoms with Crippen molar-refractivity contribution in [2.45, 2.75) is 104 Å². The summed E-state index contributed by atoms with van der Waals surface area (Å²) in [6, 6.07) is 13.7. The maximum atomic E-state index is 13.5. The zero-order valence-corrected chi connectivity index (χ0v) is 31.9. The molecule has 0 heterocycles. The van der Waals surface area contributed by atoms with E-state index in [0.717, 1.165) is 5.56 Å². The number of methoxy groups -OCH3 is 1. The number of benzene rings is 2. The van der Waals surface area contributed by atoms with Gasteiger partial charge in [0.05, 0.1) is 25.5 Å². The molecule has 0 saturated heterocycles. The molecule has 0 aromatic heterocycles. The van der Waals surface area contributed by atoms with E-state index in [1.54, 1.807) is 45.0 Å². The fourth-order valence-corrected chi connectivity index (χ4v) is 5.81. The first-order chi connectivity index (χ1) is 24.3. The van der Waals surface area contributed by atoms with E-state index >= 15 is 0 Å². The standard InChI is InChI=1S/C39H56N4O9/c1-25(2)29(23-32(45)52-38(3,4)5)34(46)42-30(16-13-21-41-36(40)48)31(44)22-26-17-19-27(20-18-26)24-51-37(49)43(8)33(35(47)50-9)39(6,7)28-14-11-10-12-15-28/h10-12,14-15,17-20,25,29-30,33H,13,16,21-24H2,1-9H3,(H,42,46)(H3,40,41,48)/t29-,30-,33+/m0/s1. The Morgan fingerprint density at radius 2 is 1.48 bits per heavy atom. The van der Waals surface area contributed by atoms with Gasteiger partial charge < -0.3 is 30.6 Å². The highest BCUT2D eigenvalue weighted by Crippen LogP contribution is 2.31. The highest BCUT2D eigenvalue weighted by Gasteiger charge is 2.43. The summed E-state index contributed by atoms with van der Waals surface area (Å²) in [5.41, 5.74) is 5.83. The Morgan fingerprint density at radius 3 is 2.02 bits per heavy atom. The van der Waals surface area contributed by atoms with Gasteiger partial charge in [0, 0.05) is 25.4 Å². The third kappa shape index (κ3) is 13.6. The summed E-state index contributed by atoms with van der Waals surface area (Å²) >= 11 is 0. The largest absolute Gasteiger partial charge is 0.467 e. The predicted molar refractivity (Wildman–Crippen MR) is 196 cm³/mol. The second-order valence-corrected chi connectivity index (χ2v) is 14.8. The number of ether oxygens (including phenoxy) is 3. The van der Waals surface area contributed by atoms with Gasteiger partial charge >= 0.3 is 24.1 Å². The summed E-state index contributed by atoms with van der Waals surface area (Å²) in [6.45, 7) is 12.7. The Morgan fingerprint density at radius 1 is 0.885 bits per heavy atom. The molecule has 0 unspecified atom stereocenters. The molecular weight excluding hydrogens is 668 g/mol. The first-order valence-electron chi connectivity index (χ1n) is 17.5. The SMILES string of the molecule is COC(=O)[C@@H](N(C)C(=O)OCc1ccc(CC(=O)[C@H](CCCNC(N)=O)NC(=O)[C@@H](CC(=O)OC(C)(C)C)C(C)C)cc1)C(C)(C)c1ccccc1. The van der Waals surface area contributed by atoms with Crippen molar-refractivity contribution in [1.82, 2.24) is 15.5 Å². The molecule has 0 spiro atoms. The molecule has 13 heteroatoms. The molecular formula is C39H56N4O9. The van der Waals surface area contributed by atoms with Gasteiger partial charge in [-0.15, -0.1) is 0 Å². The van der Waals surface area contributed by atoms with E-state index in [1.807, 2.05) is 58.0 Å². The smallest absolute Gasteiger partial charge is 0.410 e. The second kappa shape index (κ2) is 19.6. The minimum atomic E-state index is -0.964. The van der Waals surface area contributed by atoms with E-state index in [4.69, 9.17) is 19.9 Å². The lowest BCUT2D eigenvalue weighted by atomic mass is 9.77. The van der Waals surface area contributed by atoms with Crippen LogP contribution in [0.15, 0.2) is 54.6 Å². The highest BCUT2D eigenvalue weighted by atomic mass is 16.6. The van der Waals surface area contributed by atoms with Gasteiger partial charge in [0.2, 0.25) is 5.91 Å². The van der Waals surface area contributed by atoms with Crippen molar-refractivity contribution in [3.8, 4) is 0 Å². The van der Waals surface area contributed by atoms with Crippen molar-refractivity contribution in [3.05, 3.63) is 71.3 Å². The number of carbonyl (C=O) groups excluding carboxylic acids is 6. The van der Waals surface area contributed by atoms with Gasteiger partial charge in [-0.05, 0) is 56.2 Å². The summed E-state index contributed by atoms with van der Waals surface area (Å²) in [5.74, 6) is -2.71. The van der Waals surface area contributed by atoms with Crippen molar-refractivity contribution in [2.75, 3.05) is 20.7 Å². The molecule has 13 nitrogen and oxygen atoms in total. The minimum Gasteiger partial charge on any atom is -0.467 e. The lowest BCUT2D eigenvalue weighted by Crippen LogP contribution is -2.53. The molecule has 2 rings (SSSR count). The van der Waals surface area contributed by atoms with Gasteiger partial charge in [-0.25, -0.2) is 14.4 Å². The number of rotatable bonds is 18. The molecule has 0 fully saturated rings. The first-order valence-corrected chi connectivity index (χ1v) is 17.5. The number of hydrogen-bond donors (Lipinski definition) is 3. The fourth-order valence-electron chi connectivity index (χ4n) is 5.81. The van der Waals surface area contributed by atoms with Crippen LogP contribution in [-0.4, -0.2) is 79.0 Å². The van der Waals surface area contributed by atoms with Gasteiger partial charge in [0.1, 0.15) is 18.2 Å². The lowest BCUT2D eigenvalue weighted by molar-refractivity contribution is -0.158. The van der Waals surface area contributed by atoms with E-state index in [1.165, 1.54) is 19.1 Å². The molecule has 286 valence electrons. The maximum absolute atomic E-state index is 13.5. The topological polar surface area (TPSA) is 183 Å². The monoisotopic (exact) mass is 724 g/mol. The van der Waals surface area contributed by atoms with Gasteiger partial charge in [0.25, 0.3) is 0 Å². The van der Waals surface area contributed by atoms with Crippen LogP contribution in [0.3, 0.4) is 0 Å². The third-order valence-electron chi connectivity index (χ3n) is 8.69. The van der Waals surface area contributed by atoms with Crippen LogP contribution in [0.2, 0.25) is 0 Å². The number of esters is 2. The summed E-state index contributed by atoms with van der Waals surface area (Å²) in [5, 5.41) is 5.32. The quantitative estimate of drug-likeness (QED) is 0.110. The number of carbonyl (C=O) groups is 6. The molecule has 4 amide bonds. The molecule has 0 bridgehead atoms. The van der Waals surface area contributed by atoms with Crippen LogP contribution in [0.1, 0.15) is 84.4 Å². The summed E-state index contributed by atoms with van der Waals surface area (Å²) in [6.07, 6.45) is -0.256. The highest BCUT2D eigenvalue weighted by molar-refractivity contribution is 5.92. The molecule has 2 aromatic carbocycles. The Kier molecular flexibility index (Phi) is 16.3. The van der Waals surface area contributed by atoms with Crippen molar-refractivity contribution < 1.29 is 43.0 Å². The number of nitrogens with two attached hydrogens (primary N) is 1. The number of ketones is 1. The molecule has 2 aromatic rings.